The van der Waals surface area contributed by atoms with E-state index in [1.807, 2.05) is 72.8 Å². The molecule has 1 heterocycles. The van der Waals surface area contributed by atoms with E-state index in [1.54, 1.807) is 11.8 Å². The molecule has 0 unspecified atom stereocenters. The van der Waals surface area contributed by atoms with Gasteiger partial charge in [-0.05, 0) is 24.3 Å². The fourth-order valence-corrected chi connectivity index (χ4v) is 3.66. The summed E-state index contributed by atoms with van der Waals surface area (Å²) < 4.78 is 12.9. The topological polar surface area (TPSA) is 35.3 Å². The van der Waals surface area contributed by atoms with Crippen molar-refractivity contribution in [2.45, 2.75) is 5.22 Å². The predicted molar refractivity (Wildman–Crippen MR) is 118 cm³/mol. The van der Waals surface area contributed by atoms with Gasteiger partial charge < -0.3 is 9.15 Å². The third-order valence-electron chi connectivity index (χ3n) is 4.08. The normalized spacial score (nSPS) is 10.8. The highest BCUT2D eigenvalue weighted by Crippen LogP contribution is 2.35. The Morgan fingerprint density at radius 2 is 1.46 bits per heavy atom. The van der Waals surface area contributed by atoms with Crippen LogP contribution in [0.2, 0.25) is 0 Å². The average molecular weight is 452 g/mol. The maximum Gasteiger partial charge on any atom is 0.256 e. The Labute approximate surface area is 176 Å². The van der Waals surface area contributed by atoms with Crippen LogP contribution in [0.1, 0.15) is 0 Å². The molecule has 1 aromatic heterocycles. The van der Waals surface area contributed by atoms with Gasteiger partial charge in [0.05, 0.1) is 6.61 Å². The molecule has 3 aromatic carbocycles. The van der Waals surface area contributed by atoms with Gasteiger partial charge in [0.25, 0.3) is 5.22 Å². The second kappa shape index (κ2) is 9.13. The zero-order valence-corrected chi connectivity index (χ0v) is 17.4. The molecule has 140 valence electrons. The van der Waals surface area contributed by atoms with E-state index < -0.39 is 0 Å². The summed E-state index contributed by atoms with van der Waals surface area (Å²) in [5, 5.41) is 0.650. The minimum Gasteiger partial charge on any atom is -0.493 e. The molecule has 0 atom stereocenters. The van der Waals surface area contributed by atoms with Crippen molar-refractivity contribution in [1.29, 1.82) is 0 Å². The fraction of sp³-hybridized carbons (Fsp3) is 0.0870. The first-order valence-corrected chi connectivity index (χ1v) is 10.7. The van der Waals surface area contributed by atoms with Crippen molar-refractivity contribution < 1.29 is 9.15 Å². The Bertz CT molecular complexity index is 961. The van der Waals surface area contributed by atoms with Crippen LogP contribution in [0.5, 0.6) is 5.75 Å². The van der Waals surface area contributed by atoms with Gasteiger partial charge >= 0.3 is 0 Å². The number of ether oxygens (including phenoxy) is 1. The van der Waals surface area contributed by atoms with Crippen LogP contribution < -0.4 is 4.74 Å². The van der Waals surface area contributed by atoms with Crippen LogP contribution in [-0.4, -0.2) is 17.3 Å². The van der Waals surface area contributed by atoms with Gasteiger partial charge in [-0.15, -0.1) is 0 Å². The van der Waals surface area contributed by atoms with Gasteiger partial charge in [0, 0.05) is 21.4 Å². The largest absolute Gasteiger partial charge is 0.493 e. The van der Waals surface area contributed by atoms with Crippen molar-refractivity contribution in [3.05, 3.63) is 89.4 Å². The van der Waals surface area contributed by atoms with E-state index in [9.17, 15) is 0 Å². The van der Waals surface area contributed by atoms with Crippen LogP contribution in [-0.2, 0) is 0 Å². The Balaban J connectivity index is 1.48. The molecule has 4 aromatic rings. The molecule has 0 aliphatic rings. The van der Waals surface area contributed by atoms with Gasteiger partial charge in [0.2, 0.25) is 0 Å². The lowest BCUT2D eigenvalue weighted by molar-refractivity contribution is 0.343. The molecule has 4 rings (SSSR count). The van der Waals surface area contributed by atoms with Gasteiger partial charge in [-0.1, -0.05) is 88.4 Å². The van der Waals surface area contributed by atoms with Crippen LogP contribution >= 0.6 is 27.7 Å². The van der Waals surface area contributed by atoms with Crippen LogP contribution in [0.25, 0.3) is 22.6 Å². The minimum absolute atomic E-state index is 0.579. The maximum absolute atomic E-state index is 6.11. The van der Waals surface area contributed by atoms with Crippen LogP contribution in [0.4, 0.5) is 0 Å². The number of nitrogens with zero attached hydrogens (tertiary/aromatic N) is 1. The summed E-state index contributed by atoms with van der Waals surface area (Å²) in [5.74, 6) is 2.40. The van der Waals surface area contributed by atoms with E-state index in [0.717, 1.165) is 38.6 Å². The summed E-state index contributed by atoms with van der Waals surface area (Å²) in [6.45, 7) is 0.579. The lowest BCUT2D eigenvalue weighted by atomic mass is 10.1. The molecule has 3 nitrogen and oxygen atoms in total. The van der Waals surface area contributed by atoms with Crippen molar-refractivity contribution in [2.75, 3.05) is 12.4 Å². The van der Waals surface area contributed by atoms with E-state index in [4.69, 9.17) is 14.1 Å². The van der Waals surface area contributed by atoms with Crippen molar-refractivity contribution in [1.82, 2.24) is 4.98 Å². The lowest BCUT2D eigenvalue weighted by Gasteiger charge is -2.04. The first kappa shape index (κ1) is 18.8. The molecule has 0 saturated carbocycles. The van der Waals surface area contributed by atoms with Crippen molar-refractivity contribution in [3.63, 3.8) is 0 Å². The van der Waals surface area contributed by atoms with Gasteiger partial charge in [-0.3, -0.25) is 0 Å². The van der Waals surface area contributed by atoms with E-state index in [1.165, 1.54) is 0 Å². The number of hydrogen-bond acceptors (Lipinski definition) is 4. The van der Waals surface area contributed by atoms with Crippen LogP contribution in [0.15, 0.2) is 99.0 Å². The Hall–Kier alpha value is -2.50. The average Bonchev–Trinajstić information content (AvgIpc) is 3.18. The monoisotopic (exact) mass is 451 g/mol. The number of hydrogen-bond donors (Lipinski definition) is 0. The summed E-state index contributed by atoms with van der Waals surface area (Å²) in [7, 11) is 0. The zero-order valence-electron chi connectivity index (χ0n) is 15.0. The predicted octanol–water partition coefficient (Wildman–Crippen LogP) is 6.94. The molecular weight excluding hydrogens is 434 g/mol. The standard InChI is InChI=1S/C23H18BrNO2S/c24-19-11-13-20(14-12-19)26-15-16-28-23-25-21(17-7-3-1-4-8-17)22(27-23)18-9-5-2-6-10-18/h1-14H,15-16H2. The number of benzene rings is 3. The number of rotatable bonds is 7. The first-order valence-electron chi connectivity index (χ1n) is 8.92. The molecule has 0 aliphatic carbocycles. The summed E-state index contributed by atoms with van der Waals surface area (Å²) >= 11 is 4.98. The molecule has 0 bridgehead atoms. The molecule has 0 N–H and O–H groups in total. The number of oxazole rings is 1. The number of thioether (sulfide) groups is 1. The summed E-state index contributed by atoms with van der Waals surface area (Å²) in [6.07, 6.45) is 0. The first-order chi connectivity index (χ1) is 13.8. The third kappa shape index (κ3) is 4.66. The van der Waals surface area contributed by atoms with Gasteiger partial charge in [0.1, 0.15) is 11.4 Å². The Morgan fingerprint density at radius 3 is 2.14 bits per heavy atom. The molecule has 0 radical (unpaired) electrons. The molecule has 0 spiro atoms. The molecular formula is C23H18BrNO2S. The maximum atomic E-state index is 6.11. The Morgan fingerprint density at radius 1 is 0.821 bits per heavy atom. The van der Waals surface area contributed by atoms with Gasteiger partial charge in [-0.25, -0.2) is 4.98 Å². The molecule has 5 heteroatoms. The smallest absolute Gasteiger partial charge is 0.256 e. The zero-order chi connectivity index (χ0) is 19.2. The number of halogens is 1. The van der Waals surface area contributed by atoms with E-state index in [-0.39, 0.29) is 0 Å². The molecule has 0 amide bonds. The quantitative estimate of drug-likeness (QED) is 0.225. The molecule has 0 fully saturated rings. The van der Waals surface area contributed by atoms with Crippen molar-refractivity contribution >= 4 is 27.7 Å². The van der Waals surface area contributed by atoms with Gasteiger partial charge in [0.15, 0.2) is 5.76 Å². The summed E-state index contributed by atoms with van der Waals surface area (Å²) in [4.78, 5) is 4.75. The van der Waals surface area contributed by atoms with Crippen molar-refractivity contribution in [3.8, 4) is 28.3 Å². The van der Waals surface area contributed by atoms with Crippen LogP contribution in [0, 0.1) is 0 Å². The van der Waals surface area contributed by atoms with Crippen molar-refractivity contribution in [2.24, 2.45) is 0 Å². The second-order valence-electron chi connectivity index (χ2n) is 6.04. The highest BCUT2D eigenvalue weighted by Gasteiger charge is 2.17. The SMILES string of the molecule is Brc1ccc(OCCSc2nc(-c3ccccc3)c(-c3ccccc3)o2)cc1. The van der Waals surface area contributed by atoms with E-state index in [0.29, 0.717) is 11.8 Å². The summed E-state index contributed by atoms with van der Waals surface area (Å²) in [6, 6.07) is 28.0. The van der Waals surface area contributed by atoms with E-state index in [2.05, 4.69) is 28.1 Å². The molecule has 28 heavy (non-hydrogen) atoms. The minimum atomic E-state index is 0.579. The van der Waals surface area contributed by atoms with Gasteiger partial charge in [-0.2, -0.15) is 0 Å². The van der Waals surface area contributed by atoms with E-state index >= 15 is 0 Å². The van der Waals surface area contributed by atoms with Crippen LogP contribution in [0.3, 0.4) is 0 Å². The number of aromatic nitrogens is 1. The molecule has 0 saturated heterocycles. The summed E-state index contributed by atoms with van der Waals surface area (Å²) in [5.41, 5.74) is 2.93. The Kier molecular flexibility index (Phi) is 6.14. The fourth-order valence-electron chi connectivity index (χ4n) is 2.76. The second-order valence-corrected chi connectivity index (χ2v) is 8.00. The highest BCUT2D eigenvalue weighted by molar-refractivity contribution is 9.10. The molecule has 0 aliphatic heterocycles. The third-order valence-corrected chi connectivity index (χ3v) is 5.40. The highest BCUT2D eigenvalue weighted by atomic mass is 79.9. The lowest BCUT2D eigenvalue weighted by Crippen LogP contribution is -1.99.